The van der Waals surface area contributed by atoms with E-state index >= 15 is 0 Å². The predicted octanol–water partition coefficient (Wildman–Crippen LogP) is 3.07. The fourth-order valence-electron chi connectivity index (χ4n) is 2.34. The monoisotopic (exact) mass is 262 g/mol. The van der Waals surface area contributed by atoms with Crippen molar-refractivity contribution >= 4 is 16.7 Å². The van der Waals surface area contributed by atoms with Crippen molar-refractivity contribution in [2.24, 2.45) is 0 Å². The Morgan fingerprint density at radius 3 is 2.75 bits per heavy atom. The first-order valence-corrected chi connectivity index (χ1v) is 6.41. The third-order valence-corrected chi connectivity index (χ3v) is 3.31. The topological polar surface area (TPSA) is 55.7 Å². The first-order valence-electron chi connectivity index (χ1n) is 6.41. The highest BCUT2D eigenvalue weighted by Crippen LogP contribution is 2.28. The number of fused-ring (bicyclic) bond motifs is 1. The zero-order chi connectivity index (χ0) is 13.9. The molecular formula is C16H14N4. The quantitative estimate of drug-likeness (QED) is 0.789. The van der Waals surface area contributed by atoms with E-state index in [0.29, 0.717) is 12.1 Å². The lowest BCUT2D eigenvalue weighted by Gasteiger charge is -2.17. The molecule has 0 fully saturated rings. The van der Waals surface area contributed by atoms with Crippen LogP contribution in [-0.2, 0) is 6.54 Å². The molecule has 4 heteroatoms. The molecule has 0 unspecified atom stereocenters. The average Bonchev–Trinajstić information content (AvgIpc) is 2.87. The zero-order valence-corrected chi connectivity index (χ0v) is 11.2. The molecule has 98 valence electrons. The Morgan fingerprint density at radius 2 is 2.00 bits per heavy atom. The fourth-order valence-corrected chi connectivity index (χ4v) is 2.34. The molecule has 3 aromatic rings. The summed E-state index contributed by atoms with van der Waals surface area (Å²) in [5, 5.41) is 10.4. The minimum absolute atomic E-state index is 0.655. The lowest BCUT2D eigenvalue weighted by molar-refractivity contribution is 0.871. The summed E-state index contributed by atoms with van der Waals surface area (Å²) in [7, 11) is 1.96. The molecule has 1 N–H and O–H groups in total. The highest BCUT2D eigenvalue weighted by Gasteiger charge is 2.14. The van der Waals surface area contributed by atoms with Crippen LogP contribution in [0.5, 0.6) is 0 Å². The van der Waals surface area contributed by atoms with Gasteiger partial charge in [-0.05, 0) is 18.2 Å². The average molecular weight is 262 g/mol. The van der Waals surface area contributed by atoms with Gasteiger partial charge < -0.3 is 9.88 Å². The van der Waals surface area contributed by atoms with Gasteiger partial charge in [0.05, 0.1) is 12.2 Å². The second-order valence-electron chi connectivity index (χ2n) is 4.68. The van der Waals surface area contributed by atoms with E-state index in [0.717, 1.165) is 22.4 Å². The van der Waals surface area contributed by atoms with Crippen LogP contribution in [0.15, 0.2) is 48.7 Å². The number of H-pyrrole nitrogens is 1. The summed E-state index contributed by atoms with van der Waals surface area (Å²) in [4.78, 5) is 9.64. The molecule has 0 bridgehead atoms. The summed E-state index contributed by atoms with van der Waals surface area (Å²) < 4.78 is 0. The number of hydrogen-bond donors (Lipinski definition) is 1. The molecule has 0 aliphatic rings. The molecular weight excluding hydrogens is 248 g/mol. The Hall–Kier alpha value is -2.80. The van der Waals surface area contributed by atoms with Crippen LogP contribution < -0.4 is 4.90 Å². The maximum absolute atomic E-state index is 9.41. The molecule has 0 saturated carbocycles. The number of rotatable bonds is 3. The van der Waals surface area contributed by atoms with Crippen molar-refractivity contribution in [1.29, 1.82) is 5.26 Å². The largest absolute Gasteiger partial charge is 0.354 e. The van der Waals surface area contributed by atoms with Crippen LogP contribution in [0.4, 0.5) is 5.82 Å². The normalized spacial score (nSPS) is 10.4. The number of nitrogens with zero attached hydrogens (tertiary/aromatic N) is 3. The molecule has 3 rings (SSSR count). The van der Waals surface area contributed by atoms with Crippen molar-refractivity contribution in [2.45, 2.75) is 6.54 Å². The van der Waals surface area contributed by atoms with Crippen LogP contribution in [0.3, 0.4) is 0 Å². The van der Waals surface area contributed by atoms with Crippen LogP contribution in [-0.4, -0.2) is 17.0 Å². The van der Waals surface area contributed by atoms with Crippen molar-refractivity contribution in [3.8, 4) is 6.07 Å². The van der Waals surface area contributed by atoms with E-state index in [2.05, 4.69) is 16.0 Å². The number of pyridine rings is 1. The number of benzene rings is 1. The molecule has 0 atom stereocenters. The van der Waals surface area contributed by atoms with Crippen molar-refractivity contribution in [3.05, 3.63) is 59.9 Å². The Bertz CT molecular complexity index is 768. The Kier molecular flexibility index (Phi) is 3.10. The van der Waals surface area contributed by atoms with Gasteiger partial charge in [0.2, 0.25) is 0 Å². The first-order chi connectivity index (χ1) is 9.79. The Balaban J connectivity index is 1.99. The third kappa shape index (κ3) is 2.10. The Labute approximate surface area is 117 Å². The number of hydrogen-bond acceptors (Lipinski definition) is 3. The highest BCUT2D eigenvalue weighted by atomic mass is 15.2. The van der Waals surface area contributed by atoms with E-state index in [-0.39, 0.29) is 0 Å². The van der Waals surface area contributed by atoms with Gasteiger partial charge in [0, 0.05) is 24.1 Å². The van der Waals surface area contributed by atoms with Gasteiger partial charge in [0.25, 0.3) is 0 Å². The predicted molar refractivity (Wildman–Crippen MR) is 79.4 cm³/mol. The molecule has 20 heavy (non-hydrogen) atoms. The highest BCUT2D eigenvalue weighted by molar-refractivity contribution is 5.91. The lowest BCUT2D eigenvalue weighted by Crippen LogP contribution is -2.18. The summed E-state index contributed by atoms with van der Waals surface area (Å²) in [6.07, 6.45) is 1.78. The van der Waals surface area contributed by atoms with Crippen LogP contribution in [0.25, 0.3) is 10.9 Å². The molecule has 2 aromatic heterocycles. The number of para-hydroxylation sites is 1. The van der Waals surface area contributed by atoms with E-state index in [1.165, 1.54) is 0 Å². The molecule has 2 heterocycles. The summed E-state index contributed by atoms with van der Waals surface area (Å²) in [6.45, 7) is 0.655. The van der Waals surface area contributed by atoms with Gasteiger partial charge in [-0.15, -0.1) is 0 Å². The van der Waals surface area contributed by atoms with Crippen molar-refractivity contribution in [1.82, 2.24) is 9.97 Å². The second kappa shape index (κ2) is 5.06. The number of nitriles is 1. The minimum atomic E-state index is 0.655. The molecule has 0 amide bonds. The van der Waals surface area contributed by atoms with E-state index in [1.54, 1.807) is 6.20 Å². The van der Waals surface area contributed by atoms with E-state index < -0.39 is 0 Å². The van der Waals surface area contributed by atoms with Gasteiger partial charge in [-0.25, -0.2) is 0 Å². The summed E-state index contributed by atoms with van der Waals surface area (Å²) in [5.41, 5.74) is 2.63. The van der Waals surface area contributed by atoms with Gasteiger partial charge in [-0.1, -0.05) is 24.3 Å². The molecule has 0 aliphatic heterocycles. The van der Waals surface area contributed by atoms with E-state index in [1.807, 2.05) is 54.4 Å². The van der Waals surface area contributed by atoms with Crippen LogP contribution in [0.2, 0.25) is 0 Å². The van der Waals surface area contributed by atoms with Gasteiger partial charge in [0.15, 0.2) is 0 Å². The number of nitrogens with one attached hydrogen (secondary N) is 1. The lowest BCUT2D eigenvalue weighted by atomic mass is 10.2. The molecule has 0 saturated heterocycles. The second-order valence-corrected chi connectivity index (χ2v) is 4.68. The summed E-state index contributed by atoms with van der Waals surface area (Å²) >= 11 is 0. The molecule has 1 aromatic carbocycles. The molecule has 0 spiro atoms. The maximum atomic E-state index is 9.41. The van der Waals surface area contributed by atoms with Crippen LogP contribution >= 0.6 is 0 Å². The van der Waals surface area contributed by atoms with Crippen LogP contribution in [0, 0.1) is 11.3 Å². The van der Waals surface area contributed by atoms with Crippen LogP contribution in [0.1, 0.15) is 11.3 Å². The summed E-state index contributed by atoms with van der Waals surface area (Å²) in [6, 6.07) is 16.0. The SMILES string of the molecule is CN(Cc1ccccn1)c1[nH]c2ccccc2c1C#N. The van der Waals surface area contributed by atoms with E-state index in [9.17, 15) is 5.26 Å². The molecule has 4 nitrogen and oxygen atoms in total. The van der Waals surface area contributed by atoms with Crippen molar-refractivity contribution in [3.63, 3.8) is 0 Å². The Morgan fingerprint density at radius 1 is 1.20 bits per heavy atom. The third-order valence-electron chi connectivity index (χ3n) is 3.31. The maximum Gasteiger partial charge on any atom is 0.125 e. The van der Waals surface area contributed by atoms with Gasteiger partial charge in [-0.3, -0.25) is 4.98 Å². The van der Waals surface area contributed by atoms with Gasteiger partial charge in [0.1, 0.15) is 17.5 Å². The van der Waals surface area contributed by atoms with Crippen molar-refractivity contribution < 1.29 is 0 Å². The van der Waals surface area contributed by atoms with E-state index in [4.69, 9.17) is 0 Å². The first kappa shape index (κ1) is 12.2. The summed E-state index contributed by atoms with van der Waals surface area (Å²) in [5.74, 6) is 0.833. The smallest absolute Gasteiger partial charge is 0.125 e. The number of aromatic nitrogens is 2. The number of anilines is 1. The zero-order valence-electron chi connectivity index (χ0n) is 11.2. The van der Waals surface area contributed by atoms with Crippen molar-refractivity contribution in [2.75, 3.05) is 11.9 Å². The molecule has 0 aliphatic carbocycles. The fraction of sp³-hybridized carbons (Fsp3) is 0.125. The standard InChI is InChI=1S/C16H14N4/c1-20(11-12-6-4-5-9-18-12)16-14(10-17)13-7-2-3-8-15(13)19-16/h2-9,19H,11H2,1H3. The molecule has 0 radical (unpaired) electrons. The van der Waals surface area contributed by atoms with Gasteiger partial charge >= 0.3 is 0 Å². The number of aromatic amines is 1. The van der Waals surface area contributed by atoms with Gasteiger partial charge in [-0.2, -0.15) is 5.26 Å². The minimum Gasteiger partial charge on any atom is -0.354 e.